The van der Waals surface area contributed by atoms with Crippen molar-refractivity contribution in [1.82, 2.24) is 15.5 Å². The van der Waals surface area contributed by atoms with Crippen LogP contribution < -0.4 is 10.6 Å². The number of rotatable bonds is 6. The summed E-state index contributed by atoms with van der Waals surface area (Å²) >= 11 is 0. The Kier molecular flexibility index (Phi) is 5.03. The van der Waals surface area contributed by atoms with E-state index >= 15 is 0 Å². The molecule has 2 rings (SSSR count). The summed E-state index contributed by atoms with van der Waals surface area (Å²) in [5, 5.41) is 5.53. The minimum Gasteiger partial charge on any atom is -0.352 e. The van der Waals surface area contributed by atoms with Crippen LogP contribution >= 0.6 is 0 Å². The lowest BCUT2D eigenvalue weighted by Gasteiger charge is -2.22. The first-order chi connectivity index (χ1) is 10.9. The van der Waals surface area contributed by atoms with Crippen LogP contribution in [0.3, 0.4) is 0 Å². The number of carbonyl (C=O) groups is 3. The highest BCUT2D eigenvalue weighted by Crippen LogP contribution is 2.28. The summed E-state index contributed by atoms with van der Waals surface area (Å²) in [6, 6.07) is 8.54. The molecule has 1 fully saturated rings. The Morgan fingerprint density at radius 2 is 1.83 bits per heavy atom. The second-order valence-electron chi connectivity index (χ2n) is 5.89. The van der Waals surface area contributed by atoms with Gasteiger partial charge in [-0.2, -0.15) is 0 Å². The summed E-state index contributed by atoms with van der Waals surface area (Å²) in [5.41, 5.74) is -0.436. The van der Waals surface area contributed by atoms with Gasteiger partial charge < -0.3 is 10.6 Å². The molecule has 1 atom stereocenters. The number of carbonyl (C=O) groups excluding carboxylic acids is 3. The Hall–Kier alpha value is -2.37. The predicted octanol–water partition coefficient (Wildman–Crippen LogP) is 1.76. The van der Waals surface area contributed by atoms with Crippen molar-refractivity contribution in [3.8, 4) is 0 Å². The first kappa shape index (κ1) is 17.0. The maximum atomic E-state index is 12.7. The summed E-state index contributed by atoms with van der Waals surface area (Å²) in [6.07, 6.45) is 1.62. The van der Waals surface area contributed by atoms with E-state index in [1.54, 1.807) is 19.1 Å². The van der Waals surface area contributed by atoms with E-state index in [0.717, 1.165) is 17.7 Å². The van der Waals surface area contributed by atoms with Crippen molar-refractivity contribution in [2.45, 2.75) is 45.2 Å². The van der Waals surface area contributed by atoms with Gasteiger partial charge in [-0.1, -0.05) is 44.2 Å². The van der Waals surface area contributed by atoms with Crippen LogP contribution in [0.25, 0.3) is 0 Å². The normalized spacial score (nSPS) is 20.8. The molecule has 0 bridgehead atoms. The number of imide groups is 1. The first-order valence-corrected chi connectivity index (χ1v) is 7.91. The molecule has 23 heavy (non-hydrogen) atoms. The van der Waals surface area contributed by atoms with Crippen molar-refractivity contribution in [2.24, 2.45) is 0 Å². The third-order valence-corrected chi connectivity index (χ3v) is 4.28. The quantitative estimate of drug-likeness (QED) is 0.785. The summed E-state index contributed by atoms with van der Waals surface area (Å²) in [4.78, 5) is 37.9. The number of hydrogen-bond acceptors (Lipinski definition) is 3. The number of urea groups is 1. The molecular weight excluding hydrogens is 294 g/mol. The van der Waals surface area contributed by atoms with Gasteiger partial charge in [-0.05, 0) is 25.3 Å². The van der Waals surface area contributed by atoms with Crippen LogP contribution in [0.15, 0.2) is 30.3 Å². The first-order valence-electron chi connectivity index (χ1n) is 7.91. The number of nitrogens with zero attached hydrogens (tertiary/aromatic N) is 1. The van der Waals surface area contributed by atoms with E-state index < -0.39 is 17.5 Å². The van der Waals surface area contributed by atoms with Gasteiger partial charge in [-0.25, -0.2) is 4.79 Å². The molecular formula is C17H23N3O3. The van der Waals surface area contributed by atoms with Gasteiger partial charge in [0, 0.05) is 6.04 Å². The van der Waals surface area contributed by atoms with Crippen LogP contribution in [-0.2, 0) is 15.1 Å². The molecule has 4 amide bonds. The maximum Gasteiger partial charge on any atom is 0.325 e. The molecule has 2 N–H and O–H groups in total. The molecule has 0 aromatic heterocycles. The number of amides is 4. The van der Waals surface area contributed by atoms with Gasteiger partial charge in [0.1, 0.15) is 12.1 Å². The Balaban J connectivity index is 2.12. The molecule has 1 aromatic rings. The fraction of sp³-hybridized carbons (Fsp3) is 0.471. The molecule has 1 saturated heterocycles. The van der Waals surface area contributed by atoms with Crippen LogP contribution in [0.2, 0.25) is 0 Å². The van der Waals surface area contributed by atoms with E-state index in [2.05, 4.69) is 10.6 Å². The Morgan fingerprint density at radius 3 is 2.39 bits per heavy atom. The zero-order chi connectivity index (χ0) is 17.0. The van der Waals surface area contributed by atoms with E-state index in [9.17, 15) is 14.4 Å². The SMILES string of the molecule is CCC(CC)NC(=O)CN1C(=O)NC(C)(c2ccccc2)C1=O. The smallest absolute Gasteiger partial charge is 0.325 e. The lowest BCUT2D eigenvalue weighted by atomic mass is 9.92. The largest absolute Gasteiger partial charge is 0.352 e. The predicted molar refractivity (Wildman–Crippen MR) is 86.6 cm³/mol. The van der Waals surface area contributed by atoms with Crippen LogP contribution in [0.5, 0.6) is 0 Å². The van der Waals surface area contributed by atoms with Crippen molar-refractivity contribution >= 4 is 17.8 Å². The van der Waals surface area contributed by atoms with Crippen molar-refractivity contribution in [1.29, 1.82) is 0 Å². The lowest BCUT2D eigenvalue weighted by molar-refractivity contribution is -0.135. The topological polar surface area (TPSA) is 78.5 Å². The molecule has 1 aliphatic heterocycles. The van der Waals surface area contributed by atoms with Gasteiger partial charge in [0.15, 0.2) is 0 Å². The van der Waals surface area contributed by atoms with Gasteiger partial charge in [0.25, 0.3) is 5.91 Å². The van der Waals surface area contributed by atoms with E-state index in [0.29, 0.717) is 5.56 Å². The molecule has 124 valence electrons. The Labute approximate surface area is 136 Å². The number of benzene rings is 1. The molecule has 0 radical (unpaired) electrons. The summed E-state index contributed by atoms with van der Waals surface area (Å²) in [5.74, 6) is -0.729. The summed E-state index contributed by atoms with van der Waals surface area (Å²) < 4.78 is 0. The molecule has 6 nitrogen and oxygen atoms in total. The van der Waals surface area contributed by atoms with Crippen LogP contribution in [0.1, 0.15) is 39.2 Å². The van der Waals surface area contributed by atoms with E-state index in [4.69, 9.17) is 0 Å². The van der Waals surface area contributed by atoms with Gasteiger partial charge in [0.05, 0.1) is 0 Å². The van der Waals surface area contributed by atoms with Gasteiger partial charge >= 0.3 is 6.03 Å². The highest BCUT2D eigenvalue weighted by Gasteiger charge is 2.49. The minimum atomic E-state index is -1.13. The number of nitrogens with one attached hydrogen (secondary N) is 2. The second-order valence-corrected chi connectivity index (χ2v) is 5.89. The van der Waals surface area contributed by atoms with E-state index in [1.165, 1.54) is 0 Å². The molecule has 0 saturated carbocycles. The monoisotopic (exact) mass is 317 g/mol. The van der Waals surface area contributed by atoms with Gasteiger partial charge in [0.2, 0.25) is 5.91 Å². The zero-order valence-corrected chi connectivity index (χ0v) is 13.8. The van der Waals surface area contributed by atoms with Crippen LogP contribution in [-0.4, -0.2) is 35.3 Å². The zero-order valence-electron chi connectivity index (χ0n) is 13.8. The lowest BCUT2D eigenvalue weighted by Crippen LogP contribution is -2.45. The average Bonchev–Trinajstić information content (AvgIpc) is 2.77. The molecule has 1 unspecified atom stereocenters. The summed E-state index contributed by atoms with van der Waals surface area (Å²) in [7, 11) is 0. The standard InChI is InChI=1S/C17H23N3O3/c1-4-13(5-2)18-14(21)11-20-15(22)17(3,19-16(20)23)12-9-7-6-8-10-12/h6-10,13H,4-5,11H2,1-3H3,(H,18,21)(H,19,23). The second kappa shape index (κ2) is 6.81. The van der Waals surface area contributed by atoms with Crippen molar-refractivity contribution in [2.75, 3.05) is 6.54 Å². The molecule has 0 aliphatic carbocycles. The third kappa shape index (κ3) is 3.36. The summed E-state index contributed by atoms with van der Waals surface area (Å²) in [6.45, 7) is 5.36. The number of hydrogen-bond donors (Lipinski definition) is 2. The van der Waals surface area contributed by atoms with Crippen LogP contribution in [0, 0.1) is 0 Å². The molecule has 1 aromatic carbocycles. The fourth-order valence-electron chi connectivity index (χ4n) is 2.72. The highest BCUT2D eigenvalue weighted by molar-refractivity contribution is 6.09. The highest BCUT2D eigenvalue weighted by atomic mass is 16.2. The average molecular weight is 317 g/mol. The third-order valence-electron chi connectivity index (χ3n) is 4.28. The Morgan fingerprint density at radius 1 is 1.22 bits per heavy atom. The molecule has 1 aliphatic rings. The Bertz CT molecular complexity index is 598. The van der Waals surface area contributed by atoms with Gasteiger partial charge in [-0.3, -0.25) is 14.5 Å². The van der Waals surface area contributed by atoms with E-state index in [1.807, 2.05) is 32.0 Å². The minimum absolute atomic E-state index is 0.0590. The van der Waals surface area contributed by atoms with Crippen LogP contribution in [0.4, 0.5) is 4.79 Å². The molecule has 1 heterocycles. The van der Waals surface area contributed by atoms with E-state index in [-0.39, 0.29) is 18.5 Å². The van der Waals surface area contributed by atoms with Gasteiger partial charge in [-0.15, -0.1) is 0 Å². The fourth-order valence-corrected chi connectivity index (χ4v) is 2.72. The van der Waals surface area contributed by atoms with Crippen molar-refractivity contribution in [3.05, 3.63) is 35.9 Å². The molecule has 0 spiro atoms. The molecule has 6 heteroatoms. The van der Waals surface area contributed by atoms with Crippen molar-refractivity contribution in [3.63, 3.8) is 0 Å². The van der Waals surface area contributed by atoms with Crippen molar-refractivity contribution < 1.29 is 14.4 Å². The maximum absolute atomic E-state index is 12.7.